The highest BCUT2D eigenvalue weighted by Gasteiger charge is 2.12. The Bertz CT molecular complexity index is 405. The van der Waals surface area contributed by atoms with Gasteiger partial charge in [-0.1, -0.05) is 17.7 Å². The van der Waals surface area contributed by atoms with Crippen molar-refractivity contribution >= 4 is 5.97 Å². The summed E-state index contributed by atoms with van der Waals surface area (Å²) in [7, 11) is 6.22. The number of hydrogen-bond acceptors (Lipinski definition) is 2. The van der Waals surface area contributed by atoms with Gasteiger partial charge in [0.15, 0.2) is 0 Å². The molecule has 1 rings (SSSR count). The number of quaternary nitrogens is 1. The number of ether oxygens (including phenoxy) is 1. The van der Waals surface area contributed by atoms with E-state index in [-0.39, 0.29) is 5.97 Å². The number of likely N-dealkylation sites (N-methyl/N-ethyl adjacent to an activating group) is 1. The molecule has 1 aromatic carbocycles. The Morgan fingerprint density at radius 1 is 1.24 bits per heavy atom. The van der Waals surface area contributed by atoms with Crippen LogP contribution in [0.4, 0.5) is 0 Å². The number of carbonyl (C=O) groups is 1. The van der Waals surface area contributed by atoms with Crippen LogP contribution in [0, 0.1) is 13.8 Å². The van der Waals surface area contributed by atoms with Crippen molar-refractivity contribution in [2.75, 3.05) is 34.3 Å². The molecule has 94 valence electrons. The van der Waals surface area contributed by atoms with E-state index >= 15 is 0 Å². The van der Waals surface area contributed by atoms with Gasteiger partial charge in [-0.05, 0) is 25.5 Å². The van der Waals surface area contributed by atoms with Crippen LogP contribution in [0.25, 0.3) is 0 Å². The molecule has 3 nitrogen and oxygen atoms in total. The van der Waals surface area contributed by atoms with Crippen LogP contribution in [-0.4, -0.2) is 44.7 Å². The first-order chi connectivity index (χ1) is 7.79. The first-order valence-corrected chi connectivity index (χ1v) is 5.84. The van der Waals surface area contributed by atoms with Crippen LogP contribution in [0.1, 0.15) is 21.5 Å². The van der Waals surface area contributed by atoms with Gasteiger partial charge in [-0.15, -0.1) is 0 Å². The van der Waals surface area contributed by atoms with Crippen molar-refractivity contribution in [2.45, 2.75) is 13.8 Å². The number of esters is 1. The average Bonchev–Trinajstić information content (AvgIpc) is 2.15. The first kappa shape index (κ1) is 13.7. The second-order valence-electron chi connectivity index (χ2n) is 5.47. The molecule has 0 atom stereocenters. The van der Waals surface area contributed by atoms with Gasteiger partial charge < -0.3 is 9.22 Å². The molecule has 0 N–H and O–H groups in total. The Morgan fingerprint density at radius 2 is 1.88 bits per heavy atom. The summed E-state index contributed by atoms with van der Waals surface area (Å²) in [5.74, 6) is -0.226. The van der Waals surface area contributed by atoms with E-state index in [0.717, 1.165) is 22.2 Å². The molecule has 0 aliphatic carbocycles. The van der Waals surface area contributed by atoms with Crippen molar-refractivity contribution in [1.82, 2.24) is 0 Å². The van der Waals surface area contributed by atoms with Crippen molar-refractivity contribution in [3.05, 3.63) is 34.9 Å². The number of nitrogens with zero attached hydrogens (tertiary/aromatic N) is 1. The number of benzene rings is 1. The molecule has 1 aromatic rings. The average molecular weight is 236 g/mol. The van der Waals surface area contributed by atoms with Crippen molar-refractivity contribution in [1.29, 1.82) is 0 Å². The van der Waals surface area contributed by atoms with E-state index < -0.39 is 0 Å². The highest BCUT2D eigenvalue weighted by atomic mass is 16.5. The molecular weight excluding hydrogens is 214 g/mol. The second kappa shape index (κ2) is 5.32. The van der Waals surface area contributed by atoms with Gasteiger partial charge in [-0.2, -0.15) is 0 Å². The molecule has 17 heavy (non-hydrogen) atoms. The topological polar surface area (TPSA) is 26.3 Å². The van der Waals surface area contributed by atoms with E-state index in [0.29, 0.717) is 12.2 Å². The molecule has 0 aliphatic heterocycles. The Kier molecular flexibility index (Phi) is 4.29. The zero-order valence-corrected chi connectivity index (χ0v) is 11.4. The smallest absolute Gasteiger partial charge is 0.338 e. The third-order valence-corrected chi connectivity index (χ3v) is 2.60. The van der Waals surface area contributed by atoms with Crippen LogP contribution in [0.3, 0.4) is 0 Å². The predicted octanol–water partition coefficient (Wildman–Crippen LogP) is 2.17. The third-order valence-electron chi connectivity index (χ3n) is 2.60. The quantitative estimate of drug-likeness (QED) is 0.591. The molecule has 0 saturated carbocycles. The summed E-state index contributed by atoms with van der Waals surface area (Å²) in [5.41, 5.74) is 2.79. The summed E-state index contributed by atoms with van der Waals surface area (Å²) in [6.07, 6.45) is 0. The normalized spacial score (nSPS) is 11.4. The fraction of sp³-hybridized carbons (Fsp3) is 0.500. The van der Waals surface area contributed by atoms with Gasteiger partial charge in [0.2, 0.25) is 0 Å². The second-order valence-corrected chi connectivity index (χ2v) is 5.47. The van der Waals surface area contributed by atoms with Gasteiger partial charge in [0.05, 0.1) is 26.7 Å². The van der Waals surface area contributed by atoms with Gasteiger partial charge in [-0.25, -0.2) is 4.79 Å². The van der Waals surface area contributed by atoms with E-state index in [4.69, 9.17) is 4.74 Å². The summed E-state index contributed by atoms with van der Waals surface area (Å²) in [4.78, 5) is 11.8. The maximum Gasteiger partial charge on any atom is 0.338 e. The van der Waals surface area contributed by atoms with E-state index in [1.807, 2.05) is 32.0 Å². The fourth-order valence-electron chi connectivity index (χ4n) is 1.53. The van der Waals surface area contributed by atoms with Crippen molar-refractivity contribution in [2.24, 2.45) is 0 Å². The van der Waals surface area contributed by atoms with Gasteiger partial charge in [0.25, 0.3) is 0 Å². The monoisotopic (exact) mass is 236 g/mol. The van der Waals surface area contributed by atoms with Gasteiger partial charge >= 0.3 is 5.97 Å². The van der Waals surface area contributed by atoms with Gasteiger partial charge in [-0.3, -0.25) is 0 Å². The molecule has 0 saturated heterocycles. The summed E-state index contributed by atoms with van der Waals surface area (Å²) < 4.78 is 6.06. The van der Waals surface area contributed by atoms with Crippen molar-refractivity contribution in [3.63, 3.8) is 0 Å². The summed E-state index contributed by atoms with van der Waals surface area (Å²) in [6, 6.07) is 5.76. The number of rotatable bonds is 4. The molecule has 0 spiro atoms. The maximum atomic E-state index is 11.8. The van der Waals surface area contributed by atoms with E-state index in [2.05, 4.69) is 21.1 Å². The minimum Gasteiger partial charge on any atom is -0.456 e. The van der Waals surface area contributed by atoms with E-state index in [1.54, 1.807) is 0 Å². The summed E-state index contributed by atoms with van der Waals surface area (Å²) >= 11 is 0. The Morgan fingerprint density at radius 3 is 2.41 bits per heavy atom. The zero-order chi connectivity index (χ0) is 13.1. The number of hydrogen-bond donors (Lipinski definition) is 0. The highest BCUT2D eigenvalue weighted by Crippen LogP contribution is 2.11. The lowest BCUT2D eigenvalue weighted by Crippen LogP contribution is -2.38. The first-order valence-electron chi connectivity index (χ1n) is 5.84. The SMILES string of the molecule is Cc1ccc(C(=O)OCC[N+](C)(C)C)c(C)c1. The zero-order valence-electron chi connectivity index (χ0n) is 11.4. The van der Waals surface area contributed by atoms with Crippen LogP contribution in [0.15, 0.2) is 18.2 Å². The Hall–Kier alpha value is -1.35. The minimum absolute atomic E-state index is 0.226. The molecule has 3 heteroatoms. The van der Waals surface area contributed by atoms with Gasteiger partial charge in [0.1, 0.15) is 13.2 Å². The van der Waals surface area contributed by atoms with Crippen LogP contribution in [0.2, 0.25) is 0 Å². The minimum atomic E-state index is -0.226. The Balaban J connectivity index is 2.59. The molecule has 0 fully saturated rings. The number of aryl methyl sites for hydroxylation is 2. The van der Waals surface area contributed by atoms with Crippen LogP contribution in [0.5, 0.6) is 0 Å². The van der Waals surface area contributed by atoms with Crippen LogP contribution < -0.4 is 0 Å². The largest absolute Gasteiger partial charge is 0.456 e. The van der Waals surface area contributed by atoms with Gasteiger partial charge in [0, 0.05) is 0 Å². The van der Waals surface area contributed by atoms with Crippen molar-refractivity contribution in [3.8, 4) is 0 Å². The lowest BCUT2D eigenvalue weighted by Gasteiger charge is -2.23. The summed E-state index contributed by atoms with van der Waals surface area (Å²) in [6.45, 7) is 5.22. The third kappa shape index (κ3) is 4.57. The molecular formula is C14H22NO2+. The molecule has 0 aromatic heterocycles. The van der Waals surface area contributed by atoms with E-state index in [9.17, 15) is 4.79 Å². The predicted molar refractivity (Wildman–Crippen MR) is 69.1 cm³/mol. The standard InChI is InChI=1S/C14H22NO2/c1-11-6-7-13(12(2)10-11)14(16)17-9-8-15(3,4)5/h6-7,10H,8-9H2,1-5H3/q+1. The molecule has 0 radical (unpaired) electrons. The van der Waals surface area contributed by atoms with Crippen LogP contribution >= 0.6 is 0 Å². The van der Waals surface area contributed by atoms with Crippen molar-refractivity contribution < 1.29 is 14.0 Å². The van der Waals surface area contributed by atoms with E-state index in [1.165, 1.54) is 0 Å². The lowest BCUT2D eigenvalue weighted by molar-refractivity contribution is -0.870. The molecule has 0 unspecified atom stereocenters. The maximum absolute atomic E-state index is 11.8. The van der Waals surface area contributed by atoms with Crippen LogP contribution in [-0.2, 0) is 4.74 Å². The highest BCUT2D eigenvalue weighted by molar-refractivity contribution is 5.91. The molecule has 0 heterocycles. The molecule has 0 bridgehead atoms. The number of carbonyl (C=O) groups excluding carboxylic acids is 1. The lowest BCUT2D eigenvalue weighted by atomic mass is 10.1. The molecule has 0 aliphatic rings. The summed E-state index contributed by atoms with van der Waals surface area (Å²) in [5, 5.41) is 0. The fourth-order valence-corrected chi connectivity index (χ4v) is 1.53. The molecule has 0 amide bonds. The Labute approximate surface area is 104 Å².